The van der Waals surface area contributed by atoms with E-state index in [-0.39, 0.29) is 11.3 Å². The fourth-order valence-corrected chi connectivity index (χ4v) is 3.16. The van der Waals surface area contributed by atoms with Crippen LogP contribution in [-0.4, -0.2) is 54.6 Å². The Balaban J connectivity index is 1.82. The molecule has 1 heterocycles. The number of rotatable bonds is 8. The quantitative estimate of drug-likeness (QED) is 0.690. The Kier molecular flexibility index (Phi) is 7.07. The third-order valence-corrected chi connectivity index (χ3v) is 4.59. The number of aliphatic carboxylic acids is 1. The zero-order chi connectivity index (χ0) is 22.4. The molecule has 2 aromatic carbocycles. The van der Waals surface area contributed by atoms with Crippen molar-refractivity contribution in [3.05, 3.63) is 53.3 Å². The van der Waals surface area contributed by atoms with E-state index < -0.39 is 24.3 Å². The summed E-state index contributed by atoms with van der Waals surface area (Å²) in [7, 11) is 1.56. The second kappa shape index (κ2) is 9.92. The van der Waals surface area contributed by atoms with Gasteiger partial charge in [0.25, 0.3) is 5.91 Å². The topological polar surface area (TPSA) is 97.7 Å². The van der Waals surface area contributed by atoms with Crippen LogP contribution in [0.2, 0.25) is 0 Å². The van der Waals surface area contributed by atoms with Crippen LogP contribution in [0.5, 0.6) is 17.2 Å². The van der Waals surface area contributed by atoms with Gasteiger partial charge in [0.15, 0.2) is 18.1 Å². The number of carboxylic acid groups (broad SMARTS) is 1. The van der Waals surface area contributed by atoms with Crippen LogP contribution in [0.3, 0.4) is 0 Å². The van der Waals surface area contributed by atoms with E-state index in [0.29, 0.717) is 43.2 Å². The first-order valence-corrected chi connectivity index (χ1v) is 9.77. The monoisotopic (exact) mass is 430 g/mol. The van der Waals surface area contributed by atoms with Crippen LogP contribution in [0.1, 0.15) is 35.7 Å². The van der Waals surface area contributed by atoms with Gasteiger partial charge in [0.05, 0.1) is 25.0 Å². The first-order chi connectivity index (χ1) is 14.9. The van der Waals surface area contributed by atoms with Gasteiger partial charge in [-0.3, -0.25) is 4.79 Å². The maximum absolute atomic E-state index is 14.5. The van der Waals surface area contributed by atoms with Gasteiger partial charge in [-0.1, -0.05) is 0 Å². The third kappa shape index (κ3) is 5.30. The number of methoxy groups -OCH3 is 1. The van der Waals surface area contributed by atoms with Crippen molar-refractivity contribution in [2.45, 2.75) is 19.8 Å². The predicted molar refractivity (Wildman–Crippen MR) is 111 cm³/mol. The van der Waals surface area contributed by atoms with Crippen LogP contribution in [0.25, 0.3) is 0 Å². The summed E-state index contributed by atoms with van der Waals surface area (Å²) < 4.78 is 30.3. The van der Waals surface area contributed by atoms with Gasteiger partial charge in [-0.2, -0.15) is 5.10 Å². The van der Waals surface area contributed by atoms with Gasteiger partial charge in [-0.15, -0.1) is 0 Å². The first-order valence-electron chi connectivity index (χ1n) is 9.77. The number of hydrazone groups is 1. The van der Waals surface area contributed by atoms with Crippen molar-refractivity contribution in [3.8, 4) is 17.2 Å². The Labute approximate surface area is 178 Å². The molecule has 0 aromatic heterocycles. The van der Waals surface area contributed by atoms with Crippen LogP contribution in [0, 0.1) is 5.82 Å². The molecular formula is C22H23FN2O6. The number of carboxylic acids is 1. The number of nitrogens with zero attached hydrogens (tertiary/aromatic N) is 2. The van der Waals surface area contributed by atoms with Crippen molar-refractivity contribution in [1.82, 2.24) is 5.01 Å². The first kappa shape index (κ1) is 22.1. The molecule has 0 saturated heterocycles. The van der Waals surface area contributed by atoms with Gasteiger partial charge < -0.3 is 19.3 Å². The SMILES string of the molecule is CCOc1cc(C2=NN(C(=O)c3ccc(OCC(=O)O)cc3F)CCC2)ccc1OC. The standard InChI is InChI=1S/C22H23FN2O6/c1-3-30-20-11-14(6-9-19(20)29-2)18-5-4-10-25(24-18)22(28)16-8-7-15(12-17(16)23)31-13-21(26)27/h6-9,11-12H,3-5,10,13H2,1-2H3,(H,26,27). The van der Waals surface area contributed by atoms with Crippen LogP contribution >= 0.6 is 0 Å². The lowest BCUT2D eigenvalue weighted by Gasteiger charge is -2.24. The van der Waals surface area contributed by atoms with E-state index in [1.54, 1.807) is 13.2 Å². The fourth-order valence-electron chi connectivity index (χ4n) is 3.16. The molecule has 9 heteroatoms. The molecule has 1 N–H and O–H groups in total. The number of carbonyl (C=O) groups excluding carboxylic acids is 1. The highest BCUT2D eigenvalue weighted by atomic mass is 19.1. The molecule has 31 heavy (non-hydrogen) atoms. The molecule has 164 valence electrons. The van der Waals surface area contributed by atoms with E-state index >= 15 is 0 Å². The van der Waals surface area contributed by atoms with E-state index in [1.807, 2.05) is 19.1 Å². The molecular weight excluding hydrogens is 407 g/mol. The van der Waals surface area contributed by atoms with Gasteiger partial charge in [0.1, 0.15) is 11.6 Å². The van der Waals surface area contributed by atoms with Gasteiger partial charge in [-0.25, -0.2) is 14.2 Å². The summed E-state index contributed by atoms with van der Waals surface area (Å²) in [6.45, 7) is 2.10. The van der Waals surface area contributed by atoms with E-state index in [4.69, 9.17) is 19.3 Å². The molecule has 0 saturated carbocycles. The maximum Gasteiger partial charge on any atom is 0.341 e. The summed E-state index contributed by atoms with van der Waals surface area (Å²) >= 11 is 0. The molecule has 1 aliphatic rings. The lowest BCUT2D eigenvalue weighted by Crippen LogP contribution is -2.32. The summed E-state index contributed by atoms with van der Waals surface area (Å²) in [5.41, 5.74) is 1.31. The summed E-state index contributed by atoms with van der Waals surface area (Å²) in [5.74, 6) is -1.36. The number of amides is 1. The number of hydrogen-bond donors (Lipinski definition) is 1. The number of halogens is 1. The molecule has 1 amide bonds. The number of benzene rings is 2. The lowest BCUT2D eigenvalue weighted by molar-refractivity contribution is -0.139. The minimum atomic E-state index is -1.18. The zero-order valence-electron chi connectivity index (χ0n) is 17.3. The Morgan fingerprint density at radius 2 is 1.97 bits per heavy atom. The number of carbonyl (C=O) groups is 2. The van der Waals surface area contributed by atoms with E-state index in [9.17, 15) is 14.0 Å². The van der Waals surface area contributed by atoms with Crippen molar-refractivity contribution >= 4 is 17.6 Å². The fraction of sp³-hybridized carbons (Fsp3) is 0.318. The molecule has 0 unspecified atom stereocenters. The number of hydrogen-bond acceptors (Lipinski definition) is 6. The zero-order valence-corrected chi connectivity index (χ0v) is 17.3. The highest BCUT2D eigenvalue weighted by Crippen LogP contribution is 2.30. The minimum absolute atomic E-state index is 0.0287. The molecule has 1 aliphatic heterocycles. The van der Waals surface area contributed by atoms with Crippen molar-refractivity contribution in [2.75, 3.05) is 26.9 Å². The second-order valence-electron chi connectivity index (χ2n) is 6.70. The highest BCUT2D eigenvalue weighted by molar-refractivity contribution is 6.03. The van der Waals surface area contributed by atoms with Gasteiger partial charge >= 0.3 is 5.97 Å². The molecule has 0 fully saturated rings. The molecule has 0 spiro atoms. The van der Waals surface area contributed by atoms with Crippen LogP contribution in [0.4, 0.5) is 4.39 Å². The largest absolute Gasteiger partial charge is 0.493 e. The normalized spacial score (nSPS) is 13.4. The molecule has 0 atom stereocenters. The summed E-state index contributed by atoms with van der Waals surface area (Å²) in [6, 6.07) is 9.03. The van der Waals surface area contributed by atoms with Crippen molar-refractivity contribution in [1.29, 1.82) is 0 Å². The molecule has 3 rings (SSSR count). The Morgan fingerprint density at radius 3 is 2.65 bits per heavy atom. The van der Waals surface area contributed by atoms with Crippen molar-refractivity contribution in [3.63, 3.8) is 0 Å². The molecule has 2 aromatic rings. The number of ether oxygens (including phenoxy) is 3. The molecule has 0 radical (unpaired) electrons. The van der Waals surface area contributed by atoms with E-state index in [0.717, 1.165) is 11.6 Å². The predicted octanol–water partition coefficient (Wildman–Crippen LogP) is 3.34. The Hall–Kier alpha value is -3.62. The van der Waals surface area contributed by atoms with Crippen LogP contribution < -0.4 is 14.2 Å². The Bertz CT molecular complexity index is 1010. The van der Waals surface area contributed by atoms with Crippen LogP contribution in [-0.2, 0) is 4.79 Å². The van der Waals surface area contributed by atoms with Gasteiger partial charge in [0.2, 0.25) is 0 Å². The average Bonchev–Trinajstić information content (AvgIpc) is 2.77. The van der Waals surface area contributed by atoms with Gasteiger partial charge in [0, 0.05) is 18.2 Å². The minimum Gasteiger partial charge on any atom is -0.493 e. The lowest BCUT2D eigenvalue weighted by atomic mass is 10.0. The smallest absolute Gasteiger partial charge is 0.341 e. The van der Waals surface area contributed by atoms with Crippen LogP contribution in [0.15, 0.2) is 41.5 Å². The second-order valence-corrected chi connectivity index (χ2v) is 6.70. The van der Waals surface area contributed by atoms with Crippen molar-refractivity contribution in [2.24, 2.45) is 5.10 Å². The molecule has 0 aliphatic carbocycles. The third-order valence-electron chi connectivity index (χ3n) is 4.59. The van der Waals surface area contributed by atoms with Crippen molar-refractivity contribution < 1.29 is 33.3 Å². The molecule has 0 bridgehead atoms. The van der Waals surface area contributed by atoms with E-state index in [1.165, 1.54) is 17.1 Å². The van der Waals surface area contributed by atoms with Gasteiger partial charge in [-0.05, 0) is 50.1 Å². The highest BCUT2D eigenvalue weighted by Gasteiger charge is 2.24. The maximum atomic E-state index is 14.5. The summed E-state index contributed by atoms with van der Waals surface area (Å²) in [4.78, 5) is 23.4. The van der Waals surface area contributed by atoms with E-state index in [2.05, 4.69) is 5.10 Å². The Morgan fingerprint density at radius 1 is 1.16 bits per heavy atom. The molecule has 8 nitrogen and oxygen atoms in total. The average molecular weight is 430 g/mol. The summed E-state index contributed by atoms with van der Waals surface area (Å²) in [5, 5.41) is 14.3. The summed E-state index contributed by atoms with van der Waals surface area (Å²) in [6.07, 6.45) is 1.33.